The van der Waals surface area contributed by atoms with Gasteiger partial charge in [-0.1, -0.05) is 19.1 Å². The van der Waals surface area contributed by atoms with Gasteiger partial charge in [0.1, 0.15) is 12.4 Å². The molecule has 0 amide bonds. The minimum atomic E-state index is -0.383. The van der Waals surface area contributed by atoms with Crippen LogP contribution in [0.3, 0.4) is 0 Å². The van der Waals surface area contributed by atoms with Crippen molar-refractivity contribution < 1.29 is 9.84 Å². The molecule has 0 saturated carbocycles. The van der Waals surface area contributed by atoms with E-state index >= 15 is 0 Å². The maximum absolute atomic E-state index is 9.47. The minimum Gasteiger partial charge on any atom is -0.491 e. The van der Waals surface area contributed by atoms with Gasteiger partial charge in [-0.25, -0.2) is 0 Å². The lowest BCUT2D eigenvalue weighted by molar-refractivity contribution is 0.115. The highest BCUT2D eigenvalue weighted by molar-refractivity contribution is 5.36. The number of nitrogens with one attached hydrogen (secondary N) is 1. The largest absolute Gasteiger partial charge is 0.491 e. The standard InChI is InChI=1S/C15H25NO2/c1-5-8-16-15(4,10-17)11-18-14-9-12(2)6-7-13(14)3/h6-7,9,16-17H,5,8,10-11H2,1-4H3. The molecular formula is C15H25NO2. The Morgan fingerprint density at radius 3 is 2.67 bits per heavy atom. The zero-order valence-corrected chi connectivity index (χ0v) is 11.9. The van der Waals surface area contributed by atoms with Gasteiger partial charge in [-0.15, -0.1) is 0 Å². The Kier molecular flexibility index (Phi) is 5.63. The van der Waals surface area contributed by atoms with Crippen LogP contribution < -0.4 is 10.1 Å². The topological polar surface area (TPSA) is 41.5 Å². The lowest BCUT2D eigenvalue weighted by atomic mass is 10.1. The second kappa shape index (κ2) is 6.76. The van der Waals surface area contributed by atoms with Gasteiger partial charge in [0.05, 0.1) is 12.1 Å². The van der Waals surface area contributed by atoms with Gasteiger partial charge in [0.2, 0.25) is 0 Å². The van der Waals surface area contributed by atoms with Crippen LogP contribution >= 0.6 is 0 Å². The third-order valence-electron chi connectivity index (χ3n) is 3.04. The molecule has 0 heterocycles. The molecule has 0 radical (unpaired) electrons. The van der Waals surface area contributed by atoms with Crippen molar-refractivity contribution in [2.45, 2.75) is 39.7 Å². The van der Waals surface area contributed by atoms with Crippen molar-refractivity contribution >= 4 is 0 Å². The summed E-state index contributed by atoms with van der Waals surface area (Å²) < 4.78 is 5.85. The average Bonchev–Trinajstić information content (AvgIpc) is 2.37. The Hall–Kier alpha value is -1.06. The summed E-state index contributed by atoms with van der Waals surface area (Å²) in [6.07, 6.45) is 1.04. The zero-order chi connectivity index (χ0) is 13.6. The smallest absolute Gasteiger partial charge is 0.122 e. The summed E-state index contributed by atoms with van der Waals surface area (Å²) in [6.45, 7) is 9.58. The molecule has 1 rings (SSSR count). The monoisotopic (exact) mass is 251 g/mol. The van der Waals surface area contributed by atoms with Gasteiger partial charge in [0, 0.05) is 0 Å². The van der Waals surface area contributed by atoms with E-state index in [1.165, 1.54) is 5.56 Å². The highest BCUT2D eigenvalue weighted by Crippen LogP contribution is 2.20. The summed E-state index contributed by atoms with van der Waals surface area (Å²) in [5.41, 5.74) is 1.92. The first kappa shape index (κ1) is 15.0. The first-order valence-corrected chi connectivity index (χ1v) is 6.56. The number of aliphatic hydroxyl groups excluding tert-OH is 1. The van der Waals surface area contributed by atoms with E-state index in [1.54, 1.807) is 0 Å². The van der Waals surface area contributed by atoms with Gasteiger partial charge in [0.25, 0.3) is 0 Å². The number of rotatable bonds is 7. The van der Waals surface area contributed by atoms with Crippen LogP contribution in [0.4, 0.5) is 0 Å². The van der Waals surface area contributed by atoms with Gasteiger partial charge < -0.3 is 15.2 Å². The van der Waals surface area contributed by atoms with E-state index in [9.17, 15) is 5.11 Å². The van der Waals surface area contributed by atoms with Crippen LogP contribution in [0.15, 0.2) is 18.2 Å². The molecule has 1 unspecified atom stereocenters. The lowest BCUT2D eigenvalue weighted by Crippen LogP contribution is -2.50. The molecule has 2 N–H and O–H groups in total. The van der Waals surface area contributed by atoms with Gasteiger partial charge >= 0.3 is 0 Å². The third-order valence-corrected chi connectivity index (χ3v) is 3.04. The number of ether oxygens (including phenoxy) is 1. The van der Waals surface area contributed by atoms with E-state index in [0.29, 0.717) is 6.61 Å². The van der Waals surface area contributed by atoms with E-state index in [2.05, 4.69) is 24.4 Å². The van der Waals surface area contributed by atoms with E-state index in [-0.39, 0.29) is 12.1 Å². The van der Waals surface area contributed by atoms with E-state index in [4.69, 9.17) is 4.74 Å². The number of aliphatic hydroxyl groups is 1. The lowest BCUT2D eigenvalue weighted by Gasteiger charge is -2.29. The van der Waals surface area contributed by atoms with Gasteiger partial charge in [-0.05, 0) is 50.9 Å². The van der Waals surface area contributed by atoms with Crippen LogP contribution in [0.1, 0.15) is 31.4 Å². The Morgan fingerprint density at radius 1 is 1.33 bits per heavy atom. The van der Waals surface area contributed by atoms with Gasteiger partial charge in [-0.2, -0.15) is 0 Å². The summed E-state index contributed by atoms with van der Waals surface area (Å²) in [5.74, 6) is 0.896. The van der Waals surface area contributed by atoms with Gasteiger partial charge in [-0.3, -0.25) is 0 Å². The Morgan fingerprint density at radius 2 is 2.06 bits per heavy atom. The summed E-state index contributed by atoms with van der Waals surface area (Å²) in [4.78, 5) is 0. The normalized spacial score (nSPS) is 14.3. The Bertz CT molecular complexity index is 379. The van der Waals surface area contributed by atoms with Crippen LogP contribution in [0, 0.1) is 13.8 Å². The molecule has 3 nitrogen and oxygen atoms in total. The Labute approximate surface area is 110 Å². The molecular weight excluding hydrogens is 226 g/mol. The van der Waals surface area contributed by atoms with Crippen LogP contribution in [0.5, 0.6) is 5.75 Å². The van der Waals surface area contributed by atoms with Crippen molar-refractivity contribution in [3.05, 3.63) is 29.3 Å². The molecule has 1 atom stereocenters. The highest BCUT2D eigenvalue weighted by atomic mass is 16.5. The van der Waals surface area contributed by atoms with Crippen molar-refractivity contribution in [1.29, 1.82) is 0 Å². The Balaban J connectivity index is 2.64. The van der Waals surface area contributed by atoms with E-state index < -0.39 is 0 Å². The third kappa shape index (κ3) is 4.31. The fourth-order valence-electron chi connectivity index (χ4n) is 1.68. The van der Waals surface area contributed by atoms with Gasteiger partial charge in [0.15, 0.2) is 0 Å². The minimum absolute atomic E-state index is 0.0673. The average molecular weight is 251 g/mol. The van der Waals surface area contributed by atoms with Crippen LogP contribution in [0.2, 0.25) is 0 Å². The maximum Gasteiger partial charge on any atom is 0.122 e. The number of hydrogen-bond donors (Lipinski definition) is 2. The molecule has 1 aromatic rings. The zero-order valence-electron chi connectivity index (χ0n) is 11.9. The predicted octanol–water partition coefficient (Wildman–Crippen LogP) is 2.43. The van der Waals surface area contributed by atoms with Crippen LogP contribution in [-0.4, -0.2) is 30.4 Å². The molecule has 0 fully saturated rings. The molecule has 0 aromatic heterocycles. The molecule has 18 heavy (non-hydrogen) atoms. The molecule has 0 bridgehead atoms. The highest BCUT2D eigenvalue weighted by Gasteiger charge is 2.23. The summed E-state index contributed by atoms with van der Waals surface area (Å²) in [5, 5.41) is 12.8. The second-order valence-electron chi connectivity index (χ2n) is 5.20. The first-order valence-electron chi connectivity index (χ1n) is 6.56. The second-order valence-corrected chi connectivity index (χ2v) is 5.20. The fraction of sp³-hybridized carbons (Fsp3) is 0.600. The van der Waals surface area contributed by atoms with Crippen molar-refractivity contribution in [3.63, 3.8) is 0 Å². The van der Waals surface area contributed by atoms with Crippen molar-refractivity contribution in [2.75, 3.05) is 19.8 Å². The van der Waals surface area contributed by atoms with E-state index in [0.717, 1.165) is 24.3 Å². The molecule has 0 aliphatic carbocycles. The van der Waals surface area contributed by atoms with Crippen LogP contribution in [0.25, 0.3) is 0 Å². The number of benzene rings is 1. The number of hydrogen-bond acceptors (Lipinski definition) is 3. The SMILES string of the molecule is CCCNC(C)(CO)COc1cc(C)ccc1C. The van der Waals surface area contributed by atoms with E-state index in [1.807, 2.05) is 26.8 Å². The summed E-state index contributed by atoms with van der Waals surface area (Å²) in [7, 11) is 0. The summed E-state index contributed by atoms with van der Waals surface area (Å²) >= 11 is 0. The molecule has 1 aromatic carbocycles. The van der Waals surface area contributed by atoms with Crippen molar-refractivity contribution in [1.82, 2.24) is 5.32 Å². The summed E-state index contributed by atoms with van der Waals surface area (Å²) in [6, 6.07) is 6.16. The molecule has 102 valence electrons. The molecule has 3 heteroatoms. The fourth-order valence-corrected chi connectivity index (χ4v) is 1.68. The maximum atomic E-state index is 9.47. The molecule has 0 aliphatic rings. The van der Waals surface area contributed by atoms with Crippen molar-refractivity contribution in [2.24, 2.45) is 0 Å². The van der Waals surface area contributed by atoms with Crippen molar-refractivity contribution in [3.8, 4) is 5.75 Å². The molecule has 0 saturated heterocycles. The molecule has 0 spiro atoms. The predicted molar refractivity (Wildman–Crippen MR) is 75.2 cm³/mol. The van der Waals surface area contributed by atoms with Crippen LogP contribution in [-0.2, 0) is 0 Å². The quantitative estimate of drug-likeness (QED) is 0.782. The number of aryl methyl sites for hydroxylation is 2. The molecule has 0 aliphatic heterocycles. The first-order chi connectivity index (χ1) is 8.50.